The minimum atomic E-state index is -0.553. The van der Waals surface area contributed by atoms with Crippen LogP contribution < -0.4 is 14.8 Å². The molecule has 1 fully saturated rings. The molecule has 0 spiro atoms. The first-order valence-electron chi connectivity index (χ1n) is 11.8. The molecule has 0 heterocycles. The van der Waals surface area contributed by atoms with Crippen LogP contribution in [0.25, 0.3) is 0 Å². The summed E-state index contributed by atoms with van der Waals surface area (Å²) in [5.74, 6) is 1.15. The summed E-state index contributed by atoms with van der Waals surface area (Å²) in [6.07, 6.45) is 4.82. The van der Waals surface area contributed by atoms with Crippen LogP contribution in [0.2, 0.25) is 0 Å². The highest BCUT2D eigenvalue weighted by molar-refractivity contribution is 5.88. The largest absolute Gasteiger partial charge is 0.497 e. The first-order valence-corrected chi connectivity index (χ1v) is 11.8. The Morgan fingerprint density at radius 2 is 1.79 bits per heavy atom. The molecule has 0 aliphatic heterocycles. The van der Waals surface area contributed by atoms with E-state index in [9.17, 15) is 9.59 Å². The standard InChI is InChI=1S/C27H36N2O4/c1-5-24(27(31)28-22-10-6-7-11-22)29(17-21-13-15-23(32-4)16-14-21)26(30)18-33-25-12-8-9-19(2)20(25)3/h8-9,12-16,22,24H,5-7,10-11,17-18H2,1-4H3,(H,28,31). The Bertz CT molecular complexity index is 936. The van der Waals surface area contributed by atoms with E-state index in [2.05, 4.69) is 5.32 Å². The Kier molecular flexibility index (Phi) is 8.75. The fourth-order valence-electron chi connectivity index (χ4n) is 4.32. The van der Waals surface area contributed by atoms with Crippen LogP contribution in [0, 0.1) is 13.8 Å². The van der Waals surface area contributed by atoms with Gasteiger partial charge in [-0.05, 0) is 68.0 Å². The van der Waals surface area contributed by atoms with Crippen molar-refractivity contribution < 1.29 is 19.1 Å². The van der Waals surface area contributed by atoms with Crippen LogP contribution in [0.4, 0.5) is 0 Å². The summed E-state index contributed by atoms with van der Waals surface area (Å²) >= 11 is 0. The normalized spacial score (nSPS) is 14.5. The first kappa shape index (κ1) is 24.6. The maximum Gasteiger partial charge on any atom is 0.261 e. The van der Waals surface area contributed by atoms with Gasteiger partial charge in [-0.3, -0.25) is 9.59 Å². The molecule has 1 aliphatic carbocycles. The maximum atomic E-state index is 13.4. The van der Waals surface area contributed by atoms with Gasteiger partial charge in [0, 0.05) is 12.6 Å². The molecule has 6 heteroatoms. The smallest absolute Gasteiger partial charge is 0.261 e. The van der Waals surface area contributed by atoms with Crippen LogP contribution in [0.15, 0.2) is 42.5 Å². The number of nitrogens with zero attached hydrogens (tertiary/aromatic N) is 1. The Balaban J connectivity index is 1.78. The maximum absolute atomic E-state index is 13.4. The zero-order chi connectivity index (χ0) is 23.8. The highest BCUT2D eigenvalue weighted by atomic mass is 16.5. The third kappa shape index (κ3) is 6.50. The van der Waals surface area contributed by atoms with Crippen molar-refractivity contribution in [3.63, 3.8) is 0 Å². The van der Waals surface area contributed by atoms with Crippen molar-refractivity contribution in [2.75, 3.05) is 13.7 Å². The zero-order valence-corrected chi connectivity index (χ0v) is 20.2. The van der Waals surface area contributed by atoms with E-state index in [1.54, 1.807) is 12.0 Å². The molecule has 0 bridgehead atoms. The topological polar surface area (TPSA) is 67.9 Å². The molecule has 2 aromatic rings. The summed E-state index contributed by atoms with van der Waals surface area (Å²) in [6.45, 7) is 6.15. The van der Waals surface area contributed by atoms with E-state index >= 15 is 0 Å². The number of methoxy groups -OCH3 is 1. The van der Waals surface area contributed by atoms with Crippen LogP contribution in [0.3, 0.4) is 0 Å². The third-order valence-corrected chi connectivity index (χ3v) is 6.51. The second kappa shape index (κ2) is 11.7. The van der Waals surface area contributed by atoms with E-state index in [4.69, 9.17) is 9.47 Å². The molecule has 33 heavy (non-hydrogen) atoms. The van der Waals surface area contributed by atoms with E-state index in [0.29, 0.717) is 18.7 Å². The second-order valence-corrected chi connectivity index (χ2v) is 8.77. The van der Waals surface area contributed by atoms with Gasteiger partial charge >= 0.3 is 0 Å². The Hall–Kier alpha value is -3.02. The molecule has 1 aliphatic rings. The number of aryl methyl sites for hydroxylation is 1. The fourth-order valence-corrected chi connectivity index (χ4v) is 4.32. The summed E-state index contributed by atoms with van der Waals surface area (Å²) in [5.41, 5.74) is 3.05. The first-order chi connectivity index (χ1) is 15.9. The van der Waals surface area contributed by atoms with Gasteiger partial charge in [0.25, 0.3) is 5.91 Å². The average molecular weight is 453 g/mol. The van der Waals surface area contributed by atoms with Crippen LogP contribution in [-0.4, -0.2) is 42.5 Å². The van der Waals surface area contributed by atoms with Crippen molar-refractivity contribution in [3.8, 4) is 11.5 Å². The minimum absolute atomic E-state index is 0.0852. The predicted octanol–water partition coefficient (Wildman–Crippen LogP) is 4.56. The van der Waals surface area contributed by atoms with Crippen molar-refractivity contribution >= 4 is 11.8 Å². The quantitative estimate of drug-likeness (QED) is 0.574. The Morgan fingerprint density at radius 3 is 2.42 bits per heavy atom. The number of ether oxygens (including phenoxy) is 2. The molecule has 178 valence electrons. The highest BCUT2D eigenvalue weighted by Gasteiger charge is 2.31. The number of benzene rings is 2. The van der Waals surface area contributed by atoms with Crippen LogP contribution in [0.5, 0.6) is 11.5 Å². The van der Waals surface area contributed by atoms with Gasteiger partial charge in [0.15, 0.2) is 6.61 Å². The molecular weight excluding hydrogens is 416 g/mol. The lowest BCUT2D eigenvalue weighted by Crippen LogP contribution is -2.52. The van der Waals surface area contributed by atoms with E-state index in [0.717, 1.165) is 48.1 Å². The van der Waals surface area contributed by atoms with Gasteiger partial charge in [0.1, 0.15) is 17.5 Å². The number of hydrogen-bond acceptors (Lipinski definition) is 4. The molecule has 0 radical (unpaired) electrons. The summed E-state index contributed by atoms with van der Waals surface area (Å²) < 4.78 is 11.1. The van der Waals surface area contributed by atoms with E-state index < -0.39 is 6.04 Å². The summed E-state index contributed by atoms with van der Waals surface area (Å²) in [6, 6.07) is 13.0. The molecule has 0 saturated heterocycles. The Morgan fingerprint density at radius 1 is 1.09 bits per heavy atom. The molecule has 1 N–H and O–H groups in total. The highest BCUT2D eigenvalue weighted by Crippen LogP contribution is 2.22. The lowest BCUT2D eigenvalue weighted by Gasteiger charge is -2.31. The third-order valence-electron chi connectivity index (χ3n) is 6.51. The number of hydrogen-bond donors (Lipinski definition) is 1. The lowest BCUT2D eigenvalue weighted by molar-refractivity contribution is -0.143. The van der Waals surface area contributed by atoms with Crippen molar-refractivity contribution in [3.05, 3.63) is 59.2 Å². The summed E-state index contributed by atoms with van der Waals surface area (Å²) in [4.78, 5) is 28.2. The molecule has 3 rings (SSSR count). The monoisotopic (exact) mass is 452 g/mol. The van der Waals surface area contributed by atoms with Crippen molar-refractivity contribution in [1.82, 2.24) is 10.2 Å². The predicted molar refractivity (Wildman–Crippen MR) is 129 cm³/mol. The van der Waals surface area contributed by atoms with Gasteiger partial charge in [-0.25, -0.2) is 0 Å². The summed E-state index contributed by atoms with van der Waals surface area (Å²) in [5, 5.41) is 3.17. The summed E-state index contributed by atoms with van der Waals surface area (Å²) in [7, 11) is 1.62. The van der Waals surface area contributed by atoms with Gasteiger partial charge in [-0.15, -0.1) is 0 Å². The van der Waals surface area contributed by atoms with E-state index in [-0.39, 0.29) is 24.5 Å². The van der Waals surface area contributed by atoms with Crippen molar-refractivity contribution in [1.29, 1.82) is 0 Å². The lowest BCUT2D eigenvalue weighted by atomic mass is 10.1. The minimum Gasteiger partial charge on any atom is -0.497 e. The van der Waals surface area contributed by atoms with Gasteiger partial charge < -0.3 is 19.7 Å². The number of nitrogens with one attached hydrogen (secondary N) is 1. The van der Waals surface area contributed by atoms with E-state index in [1.165, 1.54) is 0 Å². The number of carbonyl (C=O) groups excluding carboxylic acids is 2. The van der Waals surface area contributed by atoms with Crippen LogP contribution in [0.1, 0.15) is 55.7 Å². The number of carbonyl (C=O) groups is 2. The van der Waals surface area contributed by atoms with Crippen LogP contribution in [-0.2, 0) is 16.1 Å². The SMILES string of the molecule is CCC(C(=O)NC1CCCC1)N(Cc1ccc(OC)cc1)C(=O)COc1cccc(C)c1C. The van der Waals surface area contributed by atoms with Gasteiger partial charge in [0.05, 0.1) is 7.11 Å². The van der Waals surface area contributed by atoms with Crippen molar-refractivity contribution in [2.45, 2.75) is 71.5 Å². The van der Waals surface area contributed by atoms with Crippen LogP contribution >= 0.6 is 0 Å². The zero-order valence-electron chi connectivity index (χ0n) is 20.2. The van der Waals surface area contributed by atoms with Gasteiger partial charge in [-0.2, -0.15) is 0 Å². The fraction of sp³-hybridized carbons (Fsp3) is 0.481. The number of amides is 2. The van der Waals surface area contributed by atoms with Gasteiger partial charge in [-0.1, -0.05) is 44.0 Å². The molecule has 2 amide bonds. The molecule has 1 atom stereocenters. The van der Waals surface area contributed by atoms with Gasteiger partial charge in [0.2, 0.25) is 5.91 Å². The molecule has 6 nitrogen and oxygen atoms in total. The Labute approximate surface area is 197 Å². The molecule has 2 aromatic carbocycles. The molecular formula is C27H36N2O4. The average Bonchev–Trinajstić information content (AvgIpc) is 3.33. The molecule has 0 aromatic heterocycles. The number of rotatable bonds is 10. The molecule has 1 unspecified atom stereocenters. The molecule has 1 saturated carbocycles. The second-order valence-electron chi connectivity index (χ2n) is 8.77. The van der Waals surface area contributed by atoms with Crippen molar-refractivity contribution in [2.24, 2.45) is 0 Å². The van der Waals surface area contributed by atoms with E-state index in [1.807, 2.05) is 63.2 Å².